The largest absolute Gasteiger partial charge is 0.462 e. The number of aromatic amines is 1. The summed E-state index contributed by atoms with van der Waals surface area (Å²) in [4.78, 5) is 29.4. The van der Waals surface area contributed by atoms with E-state index in [0.29, 0.717) is 35.8 Å². The number of rotatable bonds is 5. The van der Waals surface area contributed by atoms with E-state index in [4.69, 9.17) is 4.74 Å². The van der Waals surface area contributed by atoms with Crippen molar-refractivity contribution in [1.29, 1.82) is 0 Å². The first-order chi connectivity index (χ1) is 13.0. The summed E-state index contributed by atoms with van der Waals surface area (Å²) in [5, 5.41) is 8.25. The van der Waals surface area contributed by atoms with Gasteiger partial charge in [0.2, 0.25) is 0 Å². The van der Waals surface area contributed by atoms with Crippen molar-refractivity contribution in [2.45, 2.75) is 27.7 Å². The minimum absolute atomic E-state index is 0.164. The number of anilines is 1. The van der Waals surface area contributed by atoms with Crippen LogP contribution in [0.5, 0.6) is 0 Å². The average Bonchev–Trinajstić information content (AvgIpc) is 3.08. The van der Waals surface area contributed by atoms with E-state index in [0.717, 1.165) is 16.8 Å². The zero-order valence-corrected chi connectivity index (χ0v) is 15.9. The number of H-pyrrole nitrogens is 1. The molecule has 3 rings (SSSR count). The molecule has 7 heteroatoms. The maximum atomic E-state index is 12.6. The molecule has 0 radical (unpaired) electrons. The second-order valence-electron chi connectivity index (χ2n) is 6.14. The molecule has 27 heavy (non-hydrogen) atoms. The molecule has 0 saturated heterocycles. The number of para-hydroxylation sites is 1. The summed E-state index contributed by atoms with van der Waals surface area (Å²) in [5.41, 5.74) is 4.54. The van der Waals surface area contributed by atoms with Gasteiger partial charge in [0, 0.05) is 17.8 Å². The highest BCUT2D eigenvalue weighted by Crippen LogP contribution is 2.28. The van der Waals surface area contributed by atoms with Crippen molar-refractivity contribution in [3.63, 3.8) is 0 Å². The van der Waals surface area contributed by atoms with Crippen molar-refractivity contribution in [2.75, 3.05) is 18.1 Å². The Kier molecular flexibility index (Phi) is 5.21. The zero-order valence-electron chi connectivity index (χ0n) is 15.9. The second kappa shape index (κ2) is 7.57. The van der Waals surface area contributed by atoms with Crippen molar-refractivity contribution in [3.8, 4) is 0 Å². The number of carbonyl (C=O) groups is 2. The summed E-state index contributed by atoms with van der Waals surface area (Å²) in [6.45, 7) is 8.19. The van der Waals surface area contributed by atoms with Crippen LogP contribution in [-0.4, -0.2) is 41.9 Å². The number of benzene rings is 1. The van der Waals surface area contributed by atoms with Crippen LogP contribution in [0.3, 0.4) is 0 Å². The quantitative estimate of drug-likeness (QED) is 0.501. The number of aryl methyl sites for hydroxylation is 1. The van der Waals surface area contributed by atoms with Gasteiger partial charge in [0.15, 0.2) is 5.71 Å². The molecule has 0 fully saturated rings. The van der Waals surface area contributed by atoms with Crippen molar-refractivity contribution >= 4 is 29.5 Å². The Labute approximate surface area is 157 Å². The van der Waals surface area contributed by atoms with Gasteiger partial charge in [0.05, 0.1) is 29.8 Å². The molecule has 7 nitrogen and oxygen atoms in total. The first kappa shape index (κ1) is 18.6. The van der Waals surface area contributed by atoms with Crippen molar-refractivity contribution < 1.29 is 14.3 Å². The van der Waals surface area contributed by atoms with E-state index in [1.54, 1.807) is 18.7 Å². The van der Waals surface area contributed by atoms with E-state index in [9.17, 15) is 9.59 Å². The predicted octanol–water partition coefficient (Wildman–Crippen LogP) is 3.00. The molecule has 0 bridgehead atoms. The first-order valence-corrected chi connectivity index (χ1v) is 8.88. The number of hydrogen-bond donors (Lipinski definition) is 1. The van der Waals surface area contributed by atoms with Crippen LogP contribution in [0.1, 0.15) is 46.7 Å². The van der Waals surface area contributed by atoms with E-state index in [1.807, 2.05) is 38.1 Å². The van der Waals surface area contributed by atoms with Gasteiger partial charge < -0.3 is 14.6 Å². The van der Waals surface area contributed by atoms with Crippen LogP contribution >= 0.6 is 0 Å². The number of fused-ring (bicyclic) bond motifs is 1. The maximum absolute atomic E-state index is 12.6. The Hall–Kier alpha value is -3.22. The van der Waals surface area contributed by atoms with Crippen LogP contribution < -0.4 is 4.90 Å². The van der Waals surface area contributed by atoms with Gasteiger partial charge in [-0.2, -0.15) is 5.10 Å². The zero-order chi connectivity index (χ0) is 19.6. The average molecular weight is 366 g/mol. The fraction of sp³-hybridized carbons (Fsp3) is 0.300. The standard InChI is InChI=1S/C20H22N4O3/c1-5-24-16-10-8-7-9-14(16)18(19(24)25)23-21-11-15-12(3)17(13(4)22-15)20(26)27-6-2/h7-11,22H,5-6H2,1-4H3/b21-11+,23-18+. The Balaban J connectivity index is 1.91. The molecule has 2 aromatic rings. The number of carbonyl (C=O) groups excluding carboxylic acids is 2. The molecule has 1 aromatic heterocycles. The first-order valence-electron chi connectivity index (χ1n) is 8.88. The Morgan fingerprint density at radius 2 is 2.00 bits per heavy atom. The number of ether oxygens (including phenoxy) is 1. The van der Waals surface area contributed by atoms with Crippen molar-refractivity contribution in [3.05, 3.63) is 52.3 Å². The van der Waals surface area contributed by atoms with Crippen LogP contribution in [-0.2, 0) is 9.53 Å². The van der Waals surface area contributed by atoms with E-state index in [1.165, 1.54) is 6.21 Å². The van der Waals surface area contributed by atoms with E-state index in [2.05, 4.69) is 15.2 Å². The molecule has 1 aromatic carbocycles. The van der Waals surface area contributed by atoms with E-state index < -0.39 is 0 Å². The highest BCUT2D eigenvalue weighted by molar-refractivity contribution is 6.54. The monoisotopic (exact) mass is 366 g/mol. The number of nitrogens with zero attached hydrogens (tertiary/aromatic N) is 3. The van der Waals surface area contributed by atoms with Gasteiger partial charge >= 0.3 is 5.97 Å². The van der Waals surface area contributed by atoms with E-state index in [-0.39, 0.29) is 11.9 Å². The van der Waals surface area contributed by atoms with Crippen LogP contribution in [0.15, 0.2) is 34.5 Å². The van der Waals surface area contributed by atoms with Gasteiger partial charge in [0.1, 0.15) is 0 Å². The van der Waals surface area contributed by atoms with Crippen LogP contribution in [0.2, 0.25) is 0 Å². The summed E-state index contributed by atoms with van der Waals surface area (Å²) < 4.78 is 5.08. The summed E-state index contributed by atoms with van der Waals surface area (Å²) in [6, 6.07) is 7.52. The Bertz CT molecular complexity index is 956. The third-order valence-corrected chi connectivity index (χ3v) is 4.51. The van der Waals surface area contributed by atoms with Gasteiger partial charge in [-0.1, -0.05) is 18.2 Å². The summed E-state index contributed by atoms with van der Waals surface area (Å²) >= 11 is 0. The minimum atomic E-state index is -0.367. The van der Waals surface area contributed by atoms with Gasteiger partial charge in [-0.15, -0.1) is 5.10 Å². The summed E-state index contributed by atoms with van der Waals surface area (Å²) in [6.07, 6.45) is 1.52. The highest BCUT2D eigenvalue weighted by atomic mass is 16.5. The lowest BCUT2D eigenvalue weighted by Gasteiger charge is -2.12. The molecule has 1 aliphatic heterocycles. The number of esters is 1. The van der Waals surface area contributed by atoms with E-state index >= 15 is 0 Å². The molecule has 1 amide bonds. The van der Waals surface area contributed by atoms with Gasteiger partial charge in [0.25, 0.3) is 5.91 Å². The molecule has 140 valence electrons. The fourth-order valence-electron chi connectivity index (χ4n) is 3.23. The molecule has 2 heterocycles. The molecule has 0 atom stereocenters. The normalized spacial score (nSPS) is 15.0. The van der Waals surface area contributed by atoms with Crippen molar-refractivity contribution in [2.24, 2.45) is 10.2 Å². The molecule has 0 spiro atoms. The SMILES string of the molecule is CCOC(=O)c1c(C)[nH]c(/C=N/N=C2/C(=O)N(CC)c3ccccc32)c1C. The Morgan fingerprint density at radius 1 is 1.26 bits per heavy atom. The molecule has 1 N–H and O–H groups in total. The third-order valence-electron chi connectivity index (χ3n) is 4.51. The topological polar surface area (TPSA) is 87.1 Å². The number of aromatic nitrogens is 1. The lowest BCUT2D eigenvalue weighted by Crippen LogP contribution is -2.29. The number of hydrogen-bond acceptors (Lipinski definition) is 5. The molecule has 0 saturated carbocycles. The van der Waals surface area contributed by atoms with Crippen LogP contribution in [0.4, 0.5) is 5.69 Å². The summed E-state index contributed by atoms with van der Waals surface area (Å²) in [7, 11) is 0. The molecule has 0 aliphatic carbocycles. The number of likely N-dealkylation sites (N-methyl/N-ethyl adjacent to an activating group) is 1. The Morgan fingerprint density at radius 3 is 2.70 bits per heavy atom. The van der Waals surface area contributed by atoms with Gasteiger partial charge in [-0.25, -0.2) is 4.79 Å². The lowest BCUT2D eigenvalue weighted by molar-refractivity contribution is -0.112. The number of amides is 1. The minimum Gasteiger partial charge on any atom is -0.462 e. The third kappa shape index (κ3) is 3.28. The van der Waals surface area contributed by atoms with Crippen molar-refractivity contribution in [1.82, 2.24) is 4.98 Å². The smallest absolute Gasteiger partial charge is 0.340 e. The van der Waals surface area contributed by atoms with Crippen LogP contribution in [0.25, 0.3) is 0 Å². The second-order valence-corrected chi connectivity index (χ2v) is 6.14. The molecular formula is C20H22N4O3. The fourth-order valence-corrected chi connectivity index (χ4v) is 3.23. The lowest BCUT2D eigenvalue weighted by atomic mass is 10.1. The molecule has 1 aliphatic rings. The van der Waals surface area contributed by atoms with Crippen LogP contribution in [0, 0.1) is 13.8 Å². The molecular weight excluding hydrogens is 344 g/mol. The predicted molar refractivity (Wildman–Crippen MR) is 105 cm³/mol. The maximum Gasteiger partial charge on any atom is 0.340 e. The number of nitrogens with one attached hydrogen (secondary N) is 1. The highest BCUT2D eigenvalue weighted by Gasteiger charge is 2.32. The molecule has 0 unspecified atom stereocenters. The summed E-state index contributed by atoms with van der Waals surface area (Å²) in [5.74, 6) is -0.532. The van der Waals surface area contributed by atoms with Gasteiger partial charge in [-0.3, -0.25) is 4.79 Å². The van der Waals surface area contributed by atoms with Gasteiger partial charge in [-0.05, 0) is 39.3 Å².